The number of benzene rings is 1. The summed E-state index contributed by atoms with van der Waals surface area (Å²) in [6.45, 7) is 4.46. The molecule has 0 fully saturated rings. The Morgan fingerprint density at radius 3 is 2.91 bits per heavy atom. The van der Waals surface area contributed by atoms with Crippen LogP contribution in [0.1, 0.15) is 37.8 Å². The highest BCUT2D eigenvalue weighted by Gasteiger charge is 2.20. The highest BCUT2D eigenvalue weighted by Crippen LogP contribution is 2.33. The van der Waals surface area contributed by atoms with E-state index in [9.17, 15) is 8.42 Å². The van der Waals surface area contributed by atoms with E-state index in [1.807, 2.05) is 19.1 Å². The van der Waals surface area contributed by atoms with Gasteiger partial charge in [-0.15, -0.1) is 0 Å². The van der Waals surface area contributed by atoms with Crippen molar-refractivity contribution in [3.63, 3.8) is 0 Å². The van der Waals surface area contributed by atoms with Crippen molar-refractivity contribution < 1.29 is 13.2 Å². The van der Waals surface area contributed by atoms with Crippen LogP contribution in [0.3, 0.4) is 0 Å². The van der Waals surface area contributed by atoms with Crippen LogP contribution in [0, 0.1) is 0 Å². The second-order valence-electron chi connectivity index (χ2n) is 5.79. The lowest BCUT2D eigenvalue weighted by Gasteiger charge is -2.21. The van der Waals surface area contributed by atoms with E-state index < -0.39 is 10.0 Å². The fourth-order valence-corrected chi connectivity index (χ4v) is 4.12. The molecule has 1 atom stereocenters. The van der Waals surface area contributed by atoms with Gasteiger partial charge in [-0.2, -0.15) is 0 Å². The van der Waals surface area contributed by atoms with Crippen LogP contribution in [0.5, 0.6) is 5.75 Å². The van der Waals surface area contributed by atoms with E-state index in [0.29, 0.717) is 13.1 Å². The van der Waals surface area contributed by atoms with Crippen molar-refractivity contribution in [1.29, 1.82) is 0 Å². The van der Waals surface area contributed by atoms with Crippen LogP contribution < -0.4 is 10.1 Å². The Bertz CT molecular complexity index is 622. The number of ether oxygens (including phenoxy) is 1. The molecule has 130 valence electrons. The van der Waals surface area contributed by atoms with Gasteiger partial charge in [-0.1, -0.05) is 28.9 Å². The fourth-order valence-electron chi connectivity index (χ4n) is 2.85. The summed E-state index contributed by atoms with van der Waals surface area (Å²) >= 11 is 3.48. The number of sulfonamides is 1. The summed E-state index contributed by atoms with van der Waals surface area (Å²) < 4.78 is 31.5. The van der Waals surface area contributed by atoms with Crippen molar-refractivity contribution in [3.8, 4) is 5.75 Å². The third kappa shape index (κ3) is 5.45. The largest absolute Gasteiger partial charge is 0.493 e. The Balaban J connectivity index is 1.91. The summed E-state index contributed by atoms with van der Waals surface area (Å²) in [6, 6.07) is 6.40. The van der Waals surface area contributed by atoms with Crippen molar-refractivity contribution in [1.82, 2.24) is 9.62 Å². The van der Waals surface area contributed by atoms with Crippen LogP contribution in [0.15, 0.2) is 22.7 Å². The molecule has 1 heterocycles. The van der Waals surface area contributed by atoms with E-state index in [-0.39, 0.29) is 6.04 Å². The monoisotopic (exact) mass is 404 g/mol. The molecule has 0 spiro atoms. The summed E-state index contributed by atoms with van der Waals surface area (Å²) in [5.41, 5.74) is 1.18. The van der Waals surface area contributed by atoms with Crippen LogP contribution in [0.2, 0.25) is 0 Å². The van der Waals surface area contributed by atoms with E-state index >= 15 is 0 Å². The third-order valence-electron chi connectivity index (χ3n) is 4.04. The zero-order chi connectivity index (χ0) is 16.9. The average Bonchev–Trinajstić information content (AvgIpc) is 2.67. The molecule has 0 radical (unpaired) electrons. The minimum Gasteiger partial charge on any atom is -0.493 e. The Hall–Kier alpha value is -0.630. The zero-order valence-electron chi connectivity index (χ0n) is 13.7. The van der Waals surface area contributed by atoms with Crippen LogP contribution >= 0.6 is 15.9 Å². The predicted molar refractivity (Wildman–Crippen MR) is 96.3 cm³/mol. The molecule has 2 rings (SSSR count). The molecule has 5 nitrogen and oxygen atoms in total. The molecule has 1 aliphatic heterocycles. The van der Waals surface area contributed by atoms with E-state index in [4.69, 9.17) is 4.74 Å². The molecule has 1 aromatic rings. The molecular weight excluding hydrogens is 380 g/mol. The molecule has 1 aromatic carbocycles. The first kappa shape index (κ1) is 18.7. The molecule has 0 amide bonds. The third-order valence-corrected chi connectivity index (χ3v) is 5.91. The van der Waals surface area contributed by atoms with Crippen LogP contribution in [0.4, 0.5) is 0 Å². The smallest absolute Gasteiger partial charge is 0.211 e. The molecule has 0 aliphatic carbocycles. The second-order valence-corrected chi connectivity index (χ2v) is 8.69. The quantitative estimate of drug-likeness (QED) is 0.709. The van der Waals surface area contributed by atoms with E-state index in [0.717, 1.165) is 42.6 Å². The molecule has 1 unspecified atom stereocenters. The van der Waals surface area contributed by atoms with Gasteiger partial charge < -0.3 is 10.1 Å². The molecule has 0 bridgehead atoms. The summed E-state index contributed by atoms with van der Waals surface area (Å²) in [4.78, 5) is 0. The molecule has 0 saturated carbocycles. The van der Waals surface area contributed by atoms with Gasteiger partial charge in [-0.3, -0.25) is 0 Å². The Morgan fingerprint density at radius 1 is 1.43 bits per heavy atom. The molecule has 0 saturated heterocycles. The summed E-state index contributed by atoms with van der Waals surface area (Å²) in [6.07, 6.45) is 4.09. The van der Waals surface area contributed by atoms with Crippen molar-refractivity contribution in [3.05, 3.63) is 28.2 Å². The molecule has 23 heavy (non-hydrogen) atoms. The number of nitrogens with one attached hydrogen (secondary N) is 1. The standard InChI is InChI=1S/C16H25BrN2O3S/c1-3-19(23(2,20)21)10-5-9-18-15-6-4-11-22-16-12-13(17)7-8-14(15)16/h7-8,12,15,18H,3-6,9-11H2,1-2H3. The number of nitrogens with zero attached hydrogens (tertiary/aromatic N) is 1. The molecule has 0 aromatic heterocycles. The summed E-state index contributed by atoms with van der Waals surface area (Å²) in [5, 5.41) is 3.55. The van der Waals surface area contributed by atoms with Crippen molar-refractivity contribution >= 4 is 26.0 Å². The Labute approximate surface area is 147 Å². The van der Waals surface area contributed by atoms with Crippen molar-refractivity contribution in [2.24, 2.45) is 0 Å². The minimum atomic E-state index is -3.10. The number of hydrogen-bond donors (Lipinski definition) is 1. The first-order valence-corrected chi connectivity index (χ1v) is 10.7. The summed E-state index contributed by atoms with van der Waals surface area (Å²) in [7, 11) is -3.10. The van der Waals surface area contributed by atoms with Gasteiger partial charge in [0.15, 0.2) is 0 Å². The fraction of sp³-hybridized carbons (Fsp3) is 0.625. The van der Waals surface area contributed by atoms with Gasteiger partial charge in [-0.05, 0) is 37.9 Å². The van der Waals surface area contributed by atoms with Gasteiger partial charge in [0.05, 0.1) is 12.9 Å². The van der Waals surface area contributed by atoms with Crippen LogP contribution in [-0.4, -0.2) is 45.2 Å². The molecule has 7 heteroatoms. The van der Waals surface area contributed by atoms with E-state index in [1.54, 1.807) is 0 Å². The van der Waals surface area contributed by atoms with Gasteiger partial charge in [0, 0.05) is 29.2 Å². The van der Waals surface area contributed by atoms with Crippen LogP contribution in [0.25, 0.3) is 0 Å². The predicted octanol–water partition coefficient (Wildman–Crippen LogP) is 2.92. The van der Waals surface area contributed by atoms with Gasteiger partial charge in [-0.25, -0.2) is 12.7 Å². The number of hydrogen-bond acceptors (Lipinski definition) is 4. The van der Waals surface area contributed by atoms with Crippen molar-refractivity contribution in [2.45, 2.75) is 32.2 Å². The second kappa shape index (κ2) is 8.46. The van der Waals surface area contributed by atoms with Crippen molar-refractivity contribution in [2.75, 3.05) is 32.5 Å². The number of rotatable bonds is 7. The molecular formula is C16H25BrN2O3S. The van der Waals surface area contributed by atoms with E-state index in [1.165, 1.54) is 16.1 Å². The Morgan fingerprint density at radius 2 is 2.22 bits per heavy atom. The van der Waals surface area contributed by atoms with Gasteiger partial charge in [0.2, 0.25) is 10.0 Å². The van der Waals surface area contributed by atoms with Gasteiger partial charge in [0.1, 0.15) is 5.75 Å². The number of fused-ring (bicyclic) bond motifs is 1. The molecule has 1 aliphatic rings. The maximum atomic E-state index is 11.6. The first-order valence-electron chi connectivity index (χ1n) is 8.02. The lowest BCUT2D eigenvalue weighted by atomic mass is 10.0. The first-order chi connectivity index (χ1) is 10.9. The average molecular weight is 405 g/mol. The lowest BCUT2D eigenvalue weighted by molar-refractivity contribution is 0.315. The normalized spacial score (nSPS) is 18.3. The van der Waals surface area contributed by atoms with Crippen LogP contribution in [-0.2, 0) is 10.0 Å². The SMILES string of the molecule is CCN(CCCNC1CCCOc2cc(Br)ccc21)S(C)(=O)=O. The maximum Gasteiger partial charge on any atom is 0.211 e. The number of halogens is 1. The highest BCUT2D eigenvalue weighted by atomic mass is 79.9. The maximum absolute atomic E-state index is 11.6. The van der Waals surface area contributed by atoms with Gasteiger partial charge >= 0.3 is 0 Å². The van der Waals surface area contributed by atoms with E-state index in [2.05, 4.69) is 27.3 Å². The minimum absolute atomic E-state index is 0.258. The van der Waals surface area contributed by atoms with Gasteiger partial charge in [0.25, 0.3) is 0 Å². The summed E-state index contributed by atoms with van der Waals surface area (Å²) in [5.74, 6) is 0.931. The Kier molecular flexibility index (Phi) is 6.88. The lowest BCUT2D eigenvalue weighted by Crippen LogP contribution is -2.33. The molecule has 1 N–H and O–H groups in total. The zero-order valence-corrected chi connectivity index (χ0v) is 16.1. The topological polar surface area (TPSA) is 58.6 Å². The highest BCUT2D eigenvalue weighted by molar-refractivity contribution is 9.10.